The van der Waals surface area contributed by atoms with E-state index in [4.69, 9.17) is 4.74 Å². The molecule has 0 aromatic heterocycles. The second-order valence-electron chi connectivity index (χ2n) is 6.09. The van der Waals surface area contributed by atoms with Gasteiger partial charge in [-0.25, -0.2) is 13.1 Å². The predicted octanol–water partition coefficient (Wildman–Crippen LogP) is 0.107. The van der Waals surface area contributed by atoms with Crippen molar-refractivity contribution in [1.29, 1.82) is 0 Å². The van der Waals surface area contributed by atoms with Gasteiger partial charge in [-0.05, 0) is 25.7 Å². The van der Waals surface area contributed by atoms with E-state index in [9.17, 15) is 13.2 Å². The molecule has 2 fully saturated rings. The Labute approximate surface area is 145 Å². The molecule has 2 aliphatic heterocycles. The molecule has 0 saturated carbocycles. The SMILES string of the molecule is CS(=O)(=O)NCCC1CCCCN1C(=O)CC1CNCCO1.Cl. The molecular formula is C14H28ClN3O4S. The van der Waals surface area contributed by atoms with Crippen LogP contribution in [0, 0.1) is 0 Å². The van der Waals surface area contributed by atoms with E-state index in [1.165, 1.54) is 0 Å². The number of piperidine rings is 1. The van der Waals surface area contributed by atoms with Gasteiger partial charge in [0.15, 0.2) is 0 Å². The van der Waals surface area contributed by atoms with E-state index < -0.39 is 10.0 Å². The Morgan fingerprint density at radius 1 is 1.39 bits per heavy atom. The van der Waals surface area contributed by atoms with Crippen LogP contribution >= 0.6 is 12.4 Å². The summed E-state index contributed by atoms with van der Waals surface area (Å²) in [6, 6.07) is 0.132. The molecule has 0 radical (unpaired) electrons. The first-order valence-electron chi connectivity index (χ1n) is 8.02. The first-order chi connectivity index (χ1) is 10.5. The lowest BCUT2D eigenvalue weighted by Crippen LogP contribution is -2.48. The maximum atomic E-state index is 12.5. The maximum Gasteiger partial charge on any atom is 0.225 e. The van der Waals surface area contributed by atoms with Gasteiger partial charge in [-0.15, -0.1) is 12.4 Å². The molecule has 23 heavy (non-hydrogen) atoms. The molecule has 7 nitrogen and oxygen atoms in total. The zero-order valence-electron chi connectivity index (χ0n) is 13.6. The number of amides is 1. The largest absolute Gasteiger partial charge is 0.375 e. The zero-order chi connectivity index (χ0) is 16.0. The molecule has 9 heteroatoms. The van der Waals surface area contributed by atoms with Gasteiger partial charge in [-0.1, -0.05) is 0 Å². The van der Waals surface area contributed by atoms with E-state index in [1.54, 1.807) is 0 Å². The third-order valence-electron chi connectivity index (χ3n) is 4.20. The number of halogens is 1. The molecule has 0 aliphatic carbocycles. The Morgan fingerprint density at radius 2 is 2.17 bits per heavy atom. The molecule has 136 valence electrons. The van der Waals surface area contributed by atoms with Crippen LogP contribution in [0.5, 0.6) is 0 Å². The number of hydrogen-bond donors (Lipinski definition) is 2. The summed E-state index contributed by atoms with van der Waals surface area (Å²) in [6.45, 7) is 3.37. The van der Waals surface area contributed by atoms with Gasteiger partial charge in [-0.2, -0.15) is 0 Å². The lowest BCUT2D eigenvalue weighted by Gasteiger charge is -2.37. The van der Waals surface area contributed by atoms with Gasteiger partial charge in [0.1, 0.15) is 0 Å². The number of sulfonamides is 1. The minimum absolute atomic E-state index is 0. The topological polar surface area (TPSA) is 87.7 Å². The van der Waals surface area contributed by atoms with Gasteiger partial charge in [-0.3, -0.25) is 4.79 Å². The molecule has 1 amide bonds. The zero-order valence-corrected chi connectivity index (χ0v) is 15.3. The van der Waals surface area contributed by atoms with E-state index in [0.717, 1.165) is 45.2 Å². The molecule has 2 aliphatic rings. The highest BCUT2D eigenvalue weighted by Crippen LogP contribution is 2.21. The average Bonchev–Trinajstić information content (AvgIpc) is 2.47. The minimum atomic E-state index is -3.17. The minimum Gasteiger partial charge on any atom is -0.375 e. The Morgan fingerprint density at radius 3 is 2.83 bits per heavy atom. The first-order valence-corrected chi connectivity index (χ1v) is 9.91. The van der Waals surface area contributed by atoms with E-state index in [1.807, 2.05) is 4.90 Å². The van der Waals surface area contributed by atoms with Crippen molar-refractivity contribution in [1.82, 2.24) is 14.9 Å². The van der Waals surface area contributed by atoms with Crippen LogP contribution in [-0.4, -0.2) is 70.4 Å². The first kappa shape index (κ1) is 20.6. The molecule has 2 heterocycles. The van der Waals surface area contributed by atoms with Gasteiger partial charge in [0.2, 0.25) is 15.9 Å². The van der Waals surface area contributed by atoms with Crippen molar-refractivity contribution >= 4 is 28.3 Å². The van der Waals surface area contributed by atoms with Crippen LogP contribution in [0.3, 0.4) is 0 Å². The second-order valence-corrected chi connectivity index (χ2v) is 7.93. The monoisotopic (exact) mass is 369 g/mol. The summed E-state index contributed by atoms with van der Waals surface area (Å²) in [5.41, 5.74) is 0. The molecule has 2 saturated heterocycles. The molecule has 2 N–H and O–H groups in total. The van der Waals surface area contributed by atoms with Crippen molar-refractivity contribution in [2.45, 2.75) is 44.2 Å². The number of morpholine rings is 1. The third kappa shape index (κ3) is 7.34. The Kier molecular flexibility index (Phi) is 8.78. The molecule has 2 unspecified atom stereocenters. The van der Waals surface area contributed by atoms with E-state index in [-0.39, 0.29) is 30.5 Å². The molecule has 0 aromatic rings. The highest BCUT2D eigenvalue weighted by Gasteiger charge is 2.28. The van der Waals surface area contributed by atoms with Crippen LogP contribution in [0.2, 0.25) is 0 Å². The van der Waals surface area contributed by atoms with Crippen molar-refractivity contribution in [3.63, 3.8) is 0 Å². The van der Waals surface area contributed by atoms with Gasteiger partial charge in [0, 0.05) is 32.2 Å². The fourth-order valence-corrected chi connectivity index (χ4v) is 3.59. The van der Waals surface area contributed by atoms with Crippen LogP contribution in [0.4, 0.5) is 0 Å². The predicted molar refractivity (Wildman–Crippen MR) is 91.3 cm³/mol. The van der Waals surface area contributed by atoms with Crippen LogP contribution in [-0.2, 0) is 19.6 Å². The van der Waals surface area contributed by atoms with Crippen LogP contribution in [0.25, 0.3) is 0 Å². The van der Waals surface area contributed by atoms with Crippen molar-refractivity contribution in [2.24, 2.45) is 0 Å². The highest BCUT2D eigenvalue weighted by molar-refractivity contribution is 7.88. The van der Waals surface area contributed by atoms with Crippen molar-refractivity contribution in [3.8, 4) is 0 Å². The Bertz CT molecular complexity index is 469. The smallest absolute Gasteiger partial charge is 0.225 e. The molecule has 2 atom stereocenters. The fraction of sp³-hybridized carbons (Fsp3) is 0.929. The Hall–Kier alpha value is -0.410. The van der Waals surface area contributed by atoms with Crippen LogP contribution in [0.15, 0.2) is 0 Å². The van der Waals surface area contributed by atoms with Gasteiger partial charge in [0.05, 0.1) is 25.4 Å². The van der Waals surface area contributed by atoms with Gasteiger partial charge in [0.25, 0.3) is 0 Å². The summed E-state index contributed by atoms with van der Waals surface area (Å²) in [5, 5.41) is 3.23. The number of carbonyl (C=O) groups excluding carboxylic acids is 1. The molecule has 0 bridgehead atoms. The van der Waals surface area contributed by atoms with Crippen LogP contribution < -0.4 is 10.0 Å². The Balaban J connectivity index is 0.00000264. The van der Waals surface area contributed by atoms with E-state index in [0.29, 0.717) is 26.0 Å². The average molecular weight is 370 g/mol. The number of likely N-dealkylation sites (tertiary alicyclic amines) is 1. The summed E-state index contributed by atoms with van der Waals surface area (Å²) in [7, 11) is -3.17. The maximum absolute atomic E-state index is 12.5. The summed E-state index contributed by atoms with van der Waals surface area (Å²) in [6.07, 6.45) is 5.25. The molecule has 0 aromatic carbocycles. The van der Waals surface area contributed by atoms with Crippen LogP contribution in [0.1, 0.15) is 32.1 Å². The number of rotatable bonds is 6. The highest BCUT2D eigenvalue weighted by atomic mass is 35.5. The normalized spacial score (nSPS) is 25.7. The molecule has 2 rings (SSSR count). The second kappa shape index (κ2) is 9.78. The summed E-state index contributed by atoms with van der Waals surface area (Å²) < 4.78 is 30.4. The van der Waals surface area contributed by atoms with E-state index in [2.05, 4.69) is 10.0 Å². The number of carbonyl (C=O) groups is 1. The fourth-order valence-electron chi connectivity index (χ4n) is 3.10. The molecular weight excluding hydrogens is 342 g/mol. The number of nitrogens with one attached hydrogen (secondary N) is 2. The summed E-state index contributed by atoms with van der Waals surface area (Å²) in [5.74, 6) is 0.123. The molecule has 0 spiro atoms. The standard InChI is InChI=1S/C14H27N3O4S.ClH/c1-22(19,20)16-6-5-12-4-2-3-8-17(12)14(18)10-13-11-15-7-9-21-13;/h12-13,15-16H,2-11H2,1H3;1H. The lowest BCUT2D eigenvalue weighted by atomic mass is 9.98. The van der Waals surface area contributed by atoms with Crippen molar-refractivity contribution in [2.75, 3.05) is 39.0 Å². The number of nitrogens with zero attached hydrogens (tertiary/aromatic N) is 1. The van der Waals surface area contributed by atoms with E-state index >= 15 is 0 Å². The van der Waals surface area contributed by atoms with Gasteiger partial charge >= 0.3 is 0 Å². The third-order valence-corrected chi connectivity index (χ3v) is 4.92. The summed E-state index contributed by atoms with van der Waals surface area (Å²) >= 11 is 0. The van der Waals surface area contributed by atoms with Gasteiger partial charge < -0.3 is 15.0 Å². The number of hydrogen-bond acceptors (Lipinski definition) is 5. The number of ether oxygens (including phenoxy) is 1. The summed E-state index contributed by atoms with van der Waals surface area (Å²) in [4.78, 5) is 14.4. The lowest BCUT2D eigenvalue weighted by molar-refractivity contribution is -0.138. The van der Waals surface area contributed by atoms with Crippen molar-refractivity contribution < 1.29 is 17.9 Å². The quantitative estimate of drug-likeness (QED) is 0.693. The van der Waals surface area contributed by atoms with Crippen molar-refractivity contribution in [3.05, 3.63) is 0 Å².